The normalized spacial score (nSPS) is 51.0. The van der Waals surface area contributed by atoms with Crippen LogP contribution in [-0.2, 0) is 18.9 Å². The summed E-state index contributed by atoms with van der Waals surface area (Å²) in [7, 11) is 0. The molecule has 2 saturated heterocycles. The van der Waals surface area contributed by atoms with Crippen LogP contribution in [0.4, 0.5) is 0 Å². The van der Waals surface area contributed by atoms with Gasteiger partial charge in [-0.15, -0.1) is 6.58 Å². The van der Waals surface area contributed by atoms with E-state index in [0.29, 0.717) is 5.92 Å². The third-order valence-electron chi connectivity index (χ3n) is 10.2. The SMILES string of the molecule is C=C[C@]12CCC3(CC1CC[C@@H]1C2CCC2(C)[C@H]1CCC21OCCO1)OCCO3. The molecule has 2 aliphatic heterocycles. The van der Waals surface area contributed by atoms with Crippen molar-refractivity contribution in [3.63, 3.8) is 0 Å². The zero-order valence-electron chi connectivity index (χ0n) is 17.4. The van der Waals surface area contributed by atoms with Gasteiger partial charge in [-0.3, -0.25) is 0 Å². The van der Waals surface area contributed by atoms with Crippen molar-refractivity contribution >= 4 is 0 Å². The average Bonchev–Trinajstić information content (AvgIpc) is 3.43. The Morgan fingerprint density at radius 2 is 1.50 bits per heavy atom. The maximum Gasteiger partial charge on any atom is 0.174 e. The third kappa shape index (κ3) is 2.16. The van der Waals surface area contributed by atoms with Gasteiger partial charge in [0.25, 0.3) is 0 Å². The second-order valence-corrected chi connectivity index (χ2v) is 10.7. The first-order valence-corrected chi connectivity index (χ1v) is 11.8. The van der Waals surface area contributed by atoms with E-state index in [0.717, 1.165) is 63.4 Å². The maximum absolute atomic E-state index is 6.30. The molecule has 6 aliphatic rings. The van der Waals surface area contributed by atoms with E-state index in [1.54, 1.807) is 0 Å². The number of ether oxygens (including phenoxy) is 4. The second-order valence-electron chi connectivity index (χ2n) is 10.7. The zero-order valence-corrected chi connectivity index (χ0v) is 17.4. The van der Waals surface area contributed by atoms with Crippen LogP contribution in [0, 0.1) is 34.5 Å². The van der Waals surface area contributed by atoms with Gasteiger partial charge in [-0.2, -0.15) is 0 Å². The van der Waals surface area contributed by atoms with E-state index < -0.39 is 0 Å². The Morgan fingerprint density at radius 1 is 0.786 bits per heavy atom. The molecule has 2 heterocycles. The molecule has 6 rings (SSSR count). The molecule has 0 N–H and O–H groups in total. The predicted molar refractivity (Wildman–Crippen MR) is 106 cm³/mol. The van der Waals surface area contributed by atoms with E-state index in [1.165, 1.54) is 38.5 Å². The fraction of sp³-hybridized carbons (Fsp3) is 0.917. The molecule has 6 fully saturated rings. The lowest BCUT2D eigenvalue weighted by atomic mass is 9.44. The van der Waals surface area contributed by atoms with Crippen molar-refractivity contribution in [1.29, 1.82) is 0 Å². The lowest BCUT2D eigenvalue weighted by molar-refractivity contribution is -0.254. The van der Waals surface area contributed by atoms with Crippen molar-refractivity contribution in [3.05, 3.63) is 12.7 Å². The summed E-state index contributed by atoms with van der Waals surface area (Å²) in [5.74, 6) is 2.38. The minimum Gasteiger partial charge on any atom is -0.348 e. The van der Waals surface area contributed by atoms with Crippen LogP contribution in [0.25, 0.3) is 0 Å². The number of rotatable bonds is 1. The van der Waals surface area contributed by atoms with E-state index >= 15 is 0 Å². The summed E-state index contributed by atoms with van der Waals surface area (Å²) in [4.78, 5) is 0. The number of fused-ring (bicyclic) bond motifs is 6. The van der Waals surface area contributed by atoms with Crippen molar-refractivity contribution in [2.75, 3.05) is 26.4 Å². The van der Waals surface area contributed by atoms with Gasteiger partial charge < -0.3 is 18.9 Å². The summed E-state index contributed by atoms with van der Waals surface area (Å²) < 4.78 is 24.8. The largest absolute Gasteiger partial charge is 0.348 e. The van der Waals surface area contributed by atoms with Gasteiger partial charge in [-0.05, 0) is 67.6 Å². The van der Waals surface area contributed by atoms with Crippen LogP contribution in [0.1, 0.15) is 64.7 Å². The Hall–Kier alpha value is -0.420. The molecule has 6 atom stereocenters. The highest BCUT2D eigenvalue weighted by Gasteiger charge is 2.68. The maximum atomic E-state index is 6.30. The summed E-state index contributed by atoms with van der Waals surface area (Å²) in [5, 5.41) is 0. The fourth-order valence-corrected chi connectivity index (χ4v) is 8.95. The van der Waals surface area contributed by atoms with Crippen LogP contribution in [0.2, 0.25) is 0 Å². The van der Waals surface area contributed by atoms with E-state index in [1.807, 2.05) is 0 Å². The van der Waals surface area contributed by atoms with Crippen molar-refractivity contribution in [1.82, 2.24) is 0 Å². The van der Waals surface area contributed by atoms with Crippen LogP contribution in [0.5, 0.6) is 0 Å². The molecule has 156 valence electrons. The number of hydrogen-bond acceptors (Lipinski definition) is 4. The average molecular weight is 389 g/mol. The highest BCUT2D eigenvalue weighted by atomic mass is 16.7. The van der Waals surface area contributed by atoms with Gasteiger partial charge in [0, 0.05) is 24.7 Å². The molecule has 0 aromatic heterocycles. The number of hydrogen-bond donors (Lipinski definition) is 0. The molecule has 4 nitrogen and oxygen atoms in total. The van der Waals surface area contributed by atoms with Crippen LogP contribution in [0.15, 0.2) is 12.7 Å². The minimum atomic E-state index is -0.289. The first kappa shape index (κ1) is 18.4. The molecule has 0 amide bonds. The fourth-order valence-electron chi connectivity index (χ4n) is 8.95. The topological polar surface area (TPSA) is 36.9 Å². The molecular formula is C24H36O4. The standard InChI is InChI=1S/C24H36O4/c1-3-22-10-11-23(25-12-13-26-23)16-17(22)4-5-18-19-7-9-24(27-14-15-28-24)21(19,2)8-6-20(18)22/h3,17-20H,1,4-16H2,2H3/t17?,18-,19-,20?,21?,22-/m0/s1. The van der Waals surface area contributed by atoms with Gasteiger partial charge in [0.15, 0.2) is 11.6 Å². The van der Waals surface area contributed by atoms with E-state index in [4.69, 9.17) is 18.9 Å². The molecule has 3 unspecified atom stereocenters. The van der Waals surface area contributed by atoms with Crippen molar-refractivity contribution < 1.29 is 18.9 Å². The van der Waals surface area contributed by atoms with E-state index in [9.17, 15) is 0 Å². The smallest absolute Gasteiger partial charge is 0.174 e. The Labute approximate surface area is 169 Å². The Morgan fingerprint density at radius 3 is 2.25 bits per heavy atom. The molecule has 4 saturated carbocycles. The van der Waals surface area contributed by atoms with Crippen LogP contribution in [-0.4, -0.2) is 38.0 Å². The van der Waals surface area contributed by atoms with Crippen LogP contribution >= 0.6 is 0 Å². The van der Waals surface area contributed by atoms with Gasteiger partial charge in [0.1, 0.15) is 0 Å². The first-order chi connectivity index (χ1) is 13.6. The van der Waals surface area contributed by atoms with Crippen molar-refractivity contribution in [2.45, 2.75) is 76.3 Å². The molecule has 4 heteroatoms. The van der Waals surface area contributed by atoms with Crippen LogP contribution < -0.4 is 0 Å². The van der Waals surface area contributed by atoms with Gasteiger partial charge in [-0.1, -0.05) is 13.0 Å². The molecular weight excluding hydrogens is 352 g/mol. The molecule has 0 radical (unpaired) electrons. The Kier molecular flexibility index (Phi) is 3.97. The zero-order chi connectivity index (χ0) is 19.0. The molecule has 2 spiro atoms. The quantitative estimate of drug-likeness (QED) is 0.611. The molecule has 0 aromatic rings. The minimum absolute atomic E-state index is 0.188. The highest BCUT2D eigenvalue weighted by Crippen LogP contribution is 2.70. The van der Waals surface area contributed by atoms with Gasteiger partial charge in [0.2, 0.25) is 0 Å². The molecule has 0 bridgehead atoms. The summed E-state index contributed by atoms with van der Waals surface area (Å²) in [6.07, 6.45) is 13.2. The molecule has 28 heavy (non-hydrogen) atoms. The van der Waals surface area contributed by atoms with E-state index in [2.05, 4.69) is 19.6 Å². The van der Waals surface area contributed by atoms with Gasteiger partial charge in [0.05, 0.1) is 26.4 Å². The van der Waals surface area contributed by atoms with Gasteiger partial charge in [-0.25, -0.2) is 0 Å². The molecule has 0 aromatic carbocycles. The summed E-state index contributed by atoms with van der Waals surface area (Å²) in [6, 6.07) is 0. The Balaban J connectivity index is 1.30. The molecule has 4 aliphatic carbocycles. The first-order valence-electron chi connectivity index (χ1n) is 11.8. The lowest BCUT2D eigenvalue weighted by Crippen LogP contribution is -2.58. The number of allylic oxidation sites excluding steroid dienone is 1. The predicted octanol–water partition coefficient (Wildman–Crippen LogP) is 4.68. The summed E-state index contributed by atoms with van der Waals surface area (Å²) in [5.41, 5.74) is 0.464. The summed E-state index contributed by atoms with van der Waals surface area (Å²) in [6.45, 7) is 9.97. The monoisotopic (exact) mass is 388 g/mol. The van der Waals surface area contributed by atoms with Gasteiger partial charge >= 0.3 is 0 Å². The highest BCUT2D eigenvalue weighted by molar-refractivity contribution is 5.17. The van der Waals surface area contributed by atoms with E-state index in [-0.39, 0.29) is 22.4 Å². The lowest BCUT2D eigenvalue weighted by Gasteiger charge is -2.62. The van der Waals surface area contributed by atoms with Crippen molar-refractivity contribution in [2.24, 2.45) is 34.5 Å². The Bertz CT molecular complexity index is 649. The van der Waals surface area contributed by atoms with Crippen molar-refractivity contribution in [3.8, 4) is 0 Å². The summed E-state index contributed by atoms with van der Waals surface area (Å²) >= 11 is 0. The second kappa shape index (κ2) is 6.06. The third-order valence-corrected chi connectivity index (χ3v) is 10.2. The van der Waals surface area contributed by atoms with Crippen LogP contribution in [0.3, 0.4) is 0 Å².